The molecule has 1 aromatic heterocycles. The van der Waals surface area contributed by atoms with Crippen LogP contribution in [-0.2, 0) is 22.7 Å². The molecule has 1 unspecified atom stereocenters. The van der Waals surface area contributed by atoms with Crippen LogP contribution in [0.2, 0.25) is 0 Å². The van der Waals surface area contributed by atoms with Crippen LogP contribution in [0.3, 0.4) is 0 Å². The molecule has 4 heterocycles. The third-order valence-electron chi connectivity index (χ3n) is 7.25. The maximum absolute atomic E-state index is 13.0. The molecule has 8 nitrogen and oxygen atoms in total. The van der Waals surface area contributed by atoms with E-state index in [1.165, 1.54) is 0 Å². The first-order chi connectivity index (χ1) is 17.0. The predicted octanol–water partition coefficient (Wildman–Crippen LogP) is 2.15. The second kappa shape index (κ2) is 9.88. The summed E-state index contributed by atoms with van der Waals surface area (Å²) in [6.45, 7) is 4.08. The number of anilines is 1. The molecule has 5 rings (SSSR count). The Balaban J connectivity index is 1.15. The highest BCUT2D eigenvalue weighted by atomic mass is 16.2. The Labute approximate surface area is 205 Å². The van der Waals surface area contributed by atoms with Gasteiger partial charge in [-0.3, -0.25) is 29.6 Å². The van der Waals surface area contributed by atoms with Gasteiger partial charge in [-0.25, -0.2) is 0 Å². The van der Waals surface area contributed by atoms with Crippen LogP contribution in [0.1, 0.15) is 52.9 Å². The number of aromatic nitrogens is 1. The average Bonchev–Trinajstić information content (AvgIpc) is 3.21. The van der Waals surface area contributed by atoms with Crippen LogP contribution in [0, 0.1) is 18.3 Å². The molecule has 0 bridgehead atoms. The smallest absolute Gasteiger partial charge is 0.255 e. The van der Waals surface area contributed by atoms with Gasteiger partial charge in [-0.2, -0.15) is 0 Å². The van der Waals surface area contributed by atoms with Crippen LogP contribution >= 0.6 is 0 Å². The van der Waals surface area contributed by atoms with Crippen LogP contribution in [0.5, 0.6) is 0 Å². The Hall–Kier alpha value is -3.70. The number of hydrogen-bond donors (Lipinski definition) is 2. The number of fused-ring (bicyclic) bond motifs is 1. The number of likely N-dealkylation sites (tertiary alicyclic amines) is 1. The molecule has 3 aliphatic heterocycles. The van der Waals surface area contributed by atoms with E-state index < -0.39 is 6.04 Å². The molecule has 2 aromatic rings. The first kappa shape index (κ1) is 23.1. The monoisotopic (exact) mass is 471 g/mol. The van der Waals surface area contributed by atoms with Crippen LogP contribution in [-0.4, -0.2) is 58.2 Å². The van der Waals surface area contributed by atoms with Gasteiger partial charge in [0.05, 0.1) is 5.69 Å². The van der Waals surface area contributed by atoms with E-state index >= 15 is 0 Å². The van der Waals surface area contributed by atoms with Gasteiger partial charge in [0.15, 0.2) is 0 Å². The molecule has 0 radical (unpaired) electrons. The highest BCUT2D eigenvalue weighted by Gasteiger charge is 2.39. The molecule has 2 saturated heterocycles. The van der Waals surface area contributed by atoms with E-state index in [0.717, 1.165) is 61.5 Å². The lowest BCUT2D eigenvalue weighted by Gasteiger charge is -2.32. The molecule has 3 amide bonds. The number of carbonyl (C=O) groups is 3. The lowest BCUT2D eigenvalue weighted by atomic mass is 9.96. The summed E-state index contributed by atoms with van der Waals surface area (Å²) in [5, 5.41) is 5.93. The van der Waals surface area contributed by atoms with E-state index in [0.29, 0.717) is 24.4 Å². The van der Waals surface area contributed by atoms with Gasteiger partial charge >= 0.3 is 0 Å². The Morgan fingerprint density at radius 3 is 2.66 bits per heavy atom. The number of nitrogens with zero attached hydrogens (tertiary/aromatic N) is 3. The van der Waals surface area contributed by atoms with E-state index in [2.05, 4.69) is 26.4 Å². The molecular formula is C27H29N5O3. The second-order valence-electron chi connectivity index (χ2n) is 9.51. The quantitative estimate of drug-likeness (QED) is 0.495. The fourth-order valence-corrected chi connectivity index (χ4v) is 5.19. The van der Waals surface area contributed by atoms with E-state index in [9.17, 15) is 14.4 Å². The molecule has 1 aromatic carbocycles. The van der Waals surface area contributed by atoms with Crippen molar-refractivity contribution >= 4 is 23.4 Å². The van der Waals surface area contributed by atoms with Crippen molar-refractivity contribution in [3.8, 4) is 12.3 Å². The van der Waals surface area contributed by atoms with Crippen molar-refractivity contribution in [3.05, 3.63) is 58.9 Å². The number of benzene rings is 1. The van der Waals surface area contributed by atoms with Crippen molar-refractivity contribution in [1.29, 1.82) is 0 Å². The zero-order valence-electron chi connectivity index (χ0n) is 19.6. The van der Waals surface area contributed by atoms with Crippen molar-refractivity contribution in [2.75, 3.05) is 25.0 Å². The van der Waals surface area contributed by atoms with E-state index in [4.69, 9.17) is 6.42 Å². The summed E-state index contributed by atoms with van der Waals surface area (Å²) in [5.74, 6) is 2.34. The number of nitrogens with one attached hydrogen (secondary N) is 2. The Kier molecular flexibility index (Phi) is 6.51. The first-order valence-corrected chi connectivity index (χ1v) is 12.2. The summed E-state index contributed by atoms with van der Waals surface area (Å²) < 4.78 is 0. The van der Waals surface area contributed by atoms with Gasteiger partial charge in [-0.05, 0) is 62.5 Å². The van der Waals surface area contributed by atoms with Crippen LogP contribution in [0.15, 0.2) is 36.5 Å². The molecule has 35 heavy (non-hydrogen) atoms. The zero-order valence-corrected chi connectivity index (χ0v) is 19.6. The second-order valence-corrected chi connectivity index (χ2v) is 9.51. The van der Waals surface area contributed by atoms with E-state index in [1.807, 2.05) is 30.3 Å². The minimum atomic E-state index is -0.595. The third-order valence-corrected chi connectivity index (χ3v) is 7.25. The largest absolute Gasteiger partial charge is 0.384 e. The van der Waals surface area contributed by atoms with Gasteiger partial charge in [0, 0.05) is 54.6 Å². The Morgan fingerprint density at radius 1 is 1.11 bits per heavy atom. The standard InChI is InChI=1S/C27H29N5O3/c1-2-18-6-7-20(28-14-18)16-31-12-10-19(11-13-31)15-29-23-5-3-4-21-22(23)17-32(27(21)35)24-8-9-25(33)30-26(24)34/h1,3-7,14,19,24,29H,8-13,15-17H2,(H,30,33,34). The lowest BCUT2D eigenvalue weighted by Crippen LogP contribution is -2.52. The molecule has 0 aliphatic carbocycles. The van der Waals surface area contributed by atoms with Crippen molar-refractivity contribution in [2.24, 2.45) is 5.92 Å². The summed E-state index contributed by atoms with van der Waals surface area (Å²) >= 11 is 0. The van der Waals surface area contributed by atoms with Gasteiger partial charge in [0.2, 0.25) is 11.8 Å². The van der Waals surface area contributed by atoms with Crippen LogP contribution < -0.4 is 10.6 Å². The predicted molar refractivity (Wildman–Crippen MR) is 131 cm³/mol. The molecule has 0 spiro atoms. The number of amides is 3. The number of pyridine rings is 1. The van der Waals surface area contributed by atoms with Crippen molar-refractivity contribution in [3.63, 3.8) is 0 Å². The van der Waals surface area contributed by atoms with Crippen LogP contribution in [0.4, 0.5) is 5.69 Å². The number of imide groups is 1. The highest BCUT2D eigenvalue weighted by Crippen LogP contribution is 2.32. The topological polar surface area (TPSA) is 94.6 Å². The maximum Gasteiger partial charge on any atom is 0.255 e. The molecular weight excluding hydrogens is 442 g/mol. The Bertz CT molecular complexity index is 1180. The summed E-state index contributed by atoms with van der Waals surface area (Å²) in [6.07, 6.45) is 9.96. The van der Waals surface area contributed by atoms with Crippen molar-refractivity contribution < 1.29 is 14.4 Å². The highest BCUT2D eigenvalue weighted by molar-refractivity contribution is 6.06. The van der Waals surface area contributed by atoms with Crippen LogP contribution in [0.25, 0.3) is 0 Å². The first-order valence-electron chi connectivity index (χ1n) is 12.2. The summed E-state index contributed by atoms with van der Waals surface area (Å²) in [7, 11) is 0. The summed E-state index contributed by atoms with van der Waals surface area (Å²) in [4.78, 5) is 45.3. The third kappa shape index (κ3) is 4.91. The maximum atomic E-state index is 13.0. The van der Waals surface area contributed by atoms with Gasteiger partial charge in [0.1, 0.15) is 6.04 Å². The minimum absolute atomic E-state index is 0.143. The number of rotatable bonds is 6. The molecule has 2 N–H and O–H groups in total. The fourth-order valence-electron chi connectivity index (χ4n) is 5.19. The van der Waals surface area contributed by atoms with Gasteiger partial charge in [-0.15, -0.1) is 6.42 Å². The average molecular weight is 472 g/mol. The lowest BCUT2D eigenvalue weighted by molar-refractivity contribution is -0.136. The van der Waals surface area contributed by atoms with Gasteiger partial charge in [0.25, 0.3) is 5.91 Å². The van der Waals surface area contributed by atoms with Crippen molar-refractivity contribution in [1.82, 2.24) is 20.1 Å². The SMILES string of the molecule is C#Cc1ccc(CN2CCC(CNc3cccc4c3CN(C3CCC(=O)NC3=O)C4=O)CC2)nc1. The molecule has 0 saturated carbocycles. The van der Waals surface area contributed by atoms with E-state index in [-0.39, 0.29) is 24.1 Å². The normalized spacial score (nSPS) is 20.9. The van der Waals surface area contributed by atoms with Gasteiger partial charge < -0.3 is 10.2 Å². The number of piperidine rings is 2. The number of carbonyl (C=O) groups excluding carboxylic acids is 3. The number of terminal acetylenes is 1. The molecule has 1 atom stereocenters. The summed E-state index contributed by atoms with van der Waals surface area (Å²) in [6, 6.07) is 9.04. The fraction of sp³-hybridized carbons (Fsp3) is 0.407. The molecule has 8 heteroatoms. The van der Waals surface area contributed by atoms with Crippen molar-refractivity contribution in [2.45, 2.75) is 44.8 Å². The Morgan fingerprint density at radius 2 is 1.94 bits per heavy atom. The van der Waals surface area contributed by atoms with E-state index in [1.54, 1.807) is 11.1 Å². The molecule has 180 valence electrons. The summed E-state index contributed by atoms with van der Waals surface area (Å²) in [5.41, 5.74) is 4.35. The zero-order chi connectivity index (χ0) is 24.4. The molecule has 3 aliphatic rings. The minimum Gasteiger partial charge on any atom is -0.384 e. The molecule has 2 fully saturated rings. The van der Waals surface area contributed by atoms with Gasteiger partial charge in [-0.1, -0.05) is 12.0 Å². The number of hydrogen-bond acceptors (Lipinski definition) is 6.